The Morgan fingerprint density at radius 2 is 2.05 bits per heavy atom. The first-order valence-electron chi connectivity index (χ1n) is 6.73. The van der Waals surface area contributed by atoms with Gasteiger partial charge in [-0.3, -0.25) is 4.79 Å². The van der Waals surface area contributed by atoms with Crippen molar-refractivity contribution in [1.29, 1.82) is 0 Å². The molecular formula is C15H23NO4. The number of benzene rings is 1. The fourth-order valence-corrected chi connectivity index (χ4v) is 1.91. The van der Waals surface area contributed by atoms with Gasteiger partial charge in [-0.2, -0.15) is 0 Å². The van der Waals surface area contributed by atoms with Gasteiger partial charge in [0.05, 0.1) is 27.2 Å². The zero-order valence-corrected chi connectivity index (χ0v) is 12.6. The maximum atomic E-state index is 11.3. The molecule has 0 fully saturated rings. The molecule has 5 nitrogen and oxygen atoms in total. The summed E-state index contributed by atoms with van der Waals surface area (Å²) < 4.78 is 15.5. The number of esters is 1. The Kier molecular flexibility index (Phi) is 6.87. The van der Waals surface area contributed by atoms with E-state index in [9.17, 15) is 4.79 Å². The Morgan fingerprint density at radius 1 is 1.30 bits per heavy atom. The Hall–Kier alpha value is -1.75. The molecule has 112 valence electrons. The second-order valence-electron chi connectivity index (χ2n) is 4.34. The lowest BCUT2D eigenvalue weighted by Gasteiger charge is -2.18. The lowest BCUT2D eigenvalue weighted by molar-refractivity contribution is -0.143. The SMILES string of the molecule is CCOC(=O)CCNC(C)c1cc(OC)ccc1OC. The smallest absolute Gasteiger partial charge is 0.307 e. The van der Waals surface area contributed by atoms with E-state index in [1.165, 1.54) is 0 Å². The van der Waals surface area contributed by atoms with Gasteiger partial charge in [0, 0.05) is 18.2 Å². The Bertz CT molecular complexity index is 434. The zero-order valence-electron chi connectivity index (χ0n) is 12.6. The van der Waals surface area contributed by atoms with Crippen LogP contribution in [0.1, 0.15) is 31.9 Å². The molecule has 1 unspecified atom stereocenters. The van der Waals surface area contributed by atoms with Gasteiger partial charge < -0.3 is 19.5 Å². The third-order valence-electron chi connectivity index (χ3n) is 2.99. The van der Waals surface area contributed by atoms with Crippen LogP contribution >= 0.6 is 0 Å². The molecule has 0 aromatic heterocycles. The molecule has 0 spiro atoms. The van der Waals surface area contributed by atoms with Crippen LogP contribution in [0.5, 0.6) is 11.5 Å². The van der Waals surface area contributed by atoms with Crippen molar-refractivity contribution in [3.8, 4) is 11.5 Å². The van der Waals surface area contributed by atoms with Crippen molar-refractivity contribution in [3.63, 3.8) is 0 Å². The van der Waals surface area contributed by atoms with E-state index < -0.39 is 0 Å². The van der Waals surface area contributed by atoms with Gasteiger partial charge in [0.1, 0.15) is 11.5 Å². The minimum Gasteiger partial charge on any atom is -0.497 e. The Balaban J connectivity index is 2.61. The van der Waals surface area contributed by atoms with Gasteiger partial charge in [-0.05, 0) is 32.0 Å². The van der Waals surface area contributed by atoms with Crippen LogP contribution < -0.4 is 14.8 Å². The lowest BCUT2D eigenvalue weighted by atomic mass is 10.1. The van der Waals surface area contributed by atoms with E-state index in [0.717, 1.165) is 17.1 Å². The molecule has 0 bridgehead atoms. The van der Waals surface area contributed by atoms with Crippen molar-refractivity contribution in [2.45, 2.75) is 26.3 Å². The molecule has 20 heavy (non-hydrogen) atoms. The van der Waals surface area contributed by atoms with E-state index in [1.807, 2.05) is 25.1 Å². The van der Waals surface area contributed by atoms with Crippen molar-refractivity contribution in [2.75, 3.05) is 27.4 Å². The number of carbonyl (C=O) groups excluding carboxylic acids is 1. The summed E-state index contributed by atoms with van der Waals surface area (Å²) in [6, 6.07) is 5.71. The van der Waals surface area contributed by atoms with Crippen LogP contribution in [-0.4, -0.2) is 33.3 Å². The second-order valence-corrected chi connectivity index (χ2v) is 4.34. The summed E-state index contributed by atoms with van der Waals surface area (Å²) in [5.41, 5.74) is 0.996. The molecule has 0 radical (unpaired) electrons. The summed E-state index contributed by atoms with van der Waals surface area (Å²) in [5, 5.41) is 3.28. The zero-order chi connectivity index (χ0) is 15.0. The highest BCUT2D eigenvalue weighted by Gasteiger charge is 2.13. The normalized spacial score (nSPS) is 11.8. The molecule has 1 atom stereocenters. The van der Waals surface area contributed by atoms with Crippen molar-refractivity contribution in [2.24, 2.45) is 0 Å². The molecule has 0 saturated heterocycles. The molecular weight excluding hydrogens is 258 g/mol. The van der Waals surface area contributed by atoms with Crippen LogP contribution in [0.3, 0.4) is 0 Å². The van der Waals surface area contributed by atoms with Gasteiger partial charge in [0.15, 0.2) is 0 Å². The van der Waals surface area contributed by atoms with E-state index in [4.69, 9.17) is 14.2 Å². The highest BCUT2D eigenvalue weighted by Crippen LogP contribution is 2.29. The molecule has 1 aromatic rings. The summed E-state index contributed by atoms with van der Waals surface area (Å²) in [4.78, 5) is 11.3. The van der Waals surface area contributed by atoms with E-state index in [2.05, 4.69) is 5.32 Å². The van der Waals surface area contributed by atoms with Crippen LogP contribution in [-0.2, 0) is 9.53 Å². The van der Waals surface area contributed by atoms with E-state index in [0.29, 0.717) is 19.6 Å². The predicted octanol–water partition coefficient (Wildman–Crippen LogP) is 2.31. The third-order valence-corrected chi connectivity index (χ3v) is 2.99. The van der Waals surface area contributed by atoms with Crippen LogP contribution in [0.15, 0.2) is 18.2 Å². The number of hydrogen-bond acceptors (Lipinski definition) is 5. The van der Waals surface area contributed by atoms with Crippen LogP contribution in [0.2, 0.25) is 0 Å². The first-order chi connectivity index (χ1) is 9.62. The van der Waals surface area contributed by atoms with Gasteiger partial charge in [-0.25, -0.2) is 0 Å². The molecule has 0 aliphatic rings. The fraction of sp³-hybridized carbons (Fsp3) is 0.533. The highest BCUT2D eigenvalue weighted by atomic mass is 16.5. The highest BCUT2D eigenvalue weighted by molar-refractivity contribution is 5.69. The number of nitrogens with one attached hydrogen (secondary N) is 1. The second kappa shape index (κ2) is 8.43. The molecule has 0 aliphatic carbocycles. The van der Waals surface area contributed by atoms with Gasteiger partial charge in [-0.1, -0.05) is 0 Å². The van der Waals surface area contributed by atoms with Gasteiger partial charge in [0.25, 0.3) is 0 Å². The van der Waals surface area contributed by atoms with E-state index >= 15 is 0 Å². The van der Waals surface area contributed by atoms with Crippen molar-refractivity contribution in [1.82, 2.24) is 5.32 Å². The van der Waals surface area contributed by atoms with E-state index in [-0.39, 0.29) is 12.0 Å². The quantitative estimate of drug-likeness (QED) is 0.741. The molecule has 1 aromatic carbocycles. The first kappa shape index (κ1) is 16.3. The first-order valence-corrected chi connectivity index (χ1v) is 6.73. The van der Waals surface area contributed by atoms with Gasteiger partial charge in [0.2, 0.25) is 0 Å². The Morgan fingerprint density at radius 3 is 2.65 bits per heavy atom. The van der Waals surface area contributed by atoms with Crippen molar-refractivity contribution < 1.29 is 19.0 Å². The summed E-state index contributed by atoms with van der Waals surface area (Å²) >= 11 is 0. The minimum atomic E-state index is -0.190. The number of ether oxygens (including phenoxy) is 3. The maximum Gasteiger partial charge on any atom is 0.307 e. The number of hydrogen-bond donors (Lipinski definition) is 1. The standard InChI is InChI=1S/C15H23NO4/c1-5-20-15(17)8-9-16-11(2)13-10-12(18-3)6-7-14(13)19-4/h6-7,10-11,16H,5,8-9H2,1-4H3. The summed E-state index contributed by atoms with van der Waals surface area (Å²) in [5.74, 6) is 1.38. The van der Waals surface area contributed by atoms with Crippen molar-refractivity contribution in [3.05, 3.63) is 23.8 Å². The molecule has 5 heteroatoms. The van der Waals surface area contributed by atoms with Crippen LogP contribution in [0, 0.1) is 0 Å². The van der Waals surface area contributed by atoms with Crippen LogP contribution in [0.25, 0.3) is 0 Å². The number of rotatable bonds is 8. The molecule has 0 heterocycles. The molecule has 0 aliphatic heterocycles. The molecule has 1 N–H and O–H groups in total. The average Bonchev–Trinajstić information content (AvgIpc) is 2.46. The maximum absolute atomic E-state index is 11.3. The fourth-order valence-electron chi connectivity index (χ4n) is 1.91. The van der Waals surface area contributed by atoms with Gasteiger partial charge >= 0.3 is 5.97 Å². The third kappa shape index (κ3) is 4.74. The van der Waals surface area contributed by atoms with E-state index in [1.54, 1.807) is 21.1 Å². The Labute approximate surface area is 120 Å². The van der Waals surface area contributed by atoms with Gasteiger partial charge in [-0.15, -0.1) is 0 Å². The molecule has 1 rings (SSSR count). The monoisotopic (exact) mass is 281 g/mol. The molecule has 0 saturated carbocycles. The average molecular weight is 281 g/mol. The lowest BCUT2D eigenvalue weighted by Crippen LogP contribution is -2.23. The number of carbonyl (C=O) groups is 1. The summed E-state index contributed by atoms with van der Waals surface area (Å²) in [7, 11) is 3.26. The summed E-state index contributed by atoms with van der Waals surface area (Å²) in [6.07, 6.45) is 0.352. The largest absolute Gasteiger partial charge is 0.497 e. The number of methoxy groups -OCH3 is 2. The van der Waals surface area contributed by atoms with Crippen molar-refractivity contribution >= 4 is 5.97 Å². The summed E-state index contributed by atoms with van der Waals surface area (Å²) in [6.45, 7) is 4.79. The minimum absolute atomic E-state index is 0.0504. The van der Waals surface area contributed by atoms with Crippen LogP contribution in [0.4, 0.5) is 0 Å². The predicted molar refractivity (Wildman–Crippen MR) is 77.2 cm³/mol. The topological polar surface area (TPSA) is 56.8 Å². The molecule has 0 amide bonds.